The smallest absolute Gasteiger partial charge is 0.410 e. The molecule has 6 nitrogen and oxygen atoms in total. The van der Waals surface area contributed by atoms with E-state index in [1.54, 1.807) is 41.5 Å². The van der Waals surface area contributed by atoms with Crippen molar-refractivity contribution in [2.24, 2.45) is 5.92 Å². The summed E-state index contributed by atoms with van der Waals surface area (Å²) in [6.07, 6.45) is -0.369. The van der Waals surface area contributed by atoms with Crippen LogP contribution in [0.25, 0.3) is 0 Å². The van der Waals surface area contributed by atoms with Crippen molar-refractivity contribution in [3.05, 3.63) is 0 Å². The Morgan fingerprint density at radius 2 is 1.57 bits per heavy atom. The average Bonchev–Trinajstić information content (AvgIpc) is 2.24. The number of Topliss-reactive ketones (excluding diaryl/α,β-unsaturated/α-hetero) is 1. The summed E-state index contributed by atoms with van der Waals surface area (Å²) in [5.41, 5.74) is -1.27. The third-order valence-corrected chi connectivity index (χ3v) is 2.76. The van der Waals surface area contributed by atoms with Crippen molar-refractivity contribution in [1.29, 1.82) is 0 Å². The second-order valence-electron chi connectivity index (χ2n) is 7.23. The van der Waals surface area contributed by atoms with Crippen molar-refractivity contribution >= 4 is 17.8 Å². The van der Waals surface area contributed by atoms with Crippen LogP contribution in [0.15, 0.2) is 0 Å². The zero-order valence-electron chi connectivity index (χ0n) is 13.7. The van der Waals surface area contributed by atoms with Gasteiger partial charge in [0.25, 0.3) is 0 Å². The van der Waals surface area contributed by atoms with Gasteiger partial charge in [-0.3, -0.25) is 9.59 Å². The minimum atomic E-state index is -0.925. The maximum Gasteiger partial charge on any atom is 0.410 e. The highest BCUT2D eigenvalue weighted by atomic mass is 16.6. The normalized spacial score (nSPS) is 20.2. The Morgan fingerprint density at radius 3 is 2.05 bits per heavy atom. The first kappa shape index (κ1) is 17.5. The van der Waals surface area contributed by atoms with Gasteiger partial charge in [-0.2, -0.15) is 0 Å². The van der Waals surface area contributed by atoms with Crippen LogP contribution in [0.3, 0.4) is 0 Å². The summed E-state index contributed by atoms with van der Waals surface area (Å²) in [6.45, 7) is 10.8. The Kier molecular flexibility index (Phi) is 5.02. The number of ketones is 1. The molecule has 1 fully saturated rings. The van der Waals surface area contributed by atoms with Crippen LogP contribution < -0.4 is 0 Å². The maximum absolute atomic E-state index is 12.1. The van der Waals surface area contributed by atoms with Crippen LogP contribution in [0.1, 0.15) is 48.0 Å². The molecule has 0 aromatic heterocycles. The molecule has 1 amide bonds. The second kappa shape index (κ2) is 6.03. The zero-order valence-corrected chi connectivity index (χ0v) is 13.7. The number of piperidine rings is 1. The molecule has 0 aromatic rings. The van der Waals surface area contributed by atoms with Gasteiger partial charge in [-0.25, -0.2) is 4.79 Å². The molecule has 0 saturated carbocycles. The number of nitrogens with zero attached hydrogens (tertiary/aromatic N) is 1. The van der Waals surface area contributed by atoms with E-state index in [2.05, 4.69) is 0 Å². The van der Waals surface area contributed by atoms with Crippen molar-refractivity contribution in [2.45, 2.75) is 59.2 Å². The van der Waals surface area contributed by atoms with Gasteiger partial charge in [-0.1, -0.05) is 0 Å². The molecule has 1 aliphatic rings. The van der Waals surface area contributed by atoms with Gasteiger partial charge in [0.1, 0.15) is 17.1 Å². The van der Waals surface area contributed by atoms with Gasteiger partial charge < -0.3 is 14.4 Å². The monoisotopic (exact) mass is 299 g/mol. The molecule has 0 spiro atoms. The summed E-state index contributed by atoms with van der Waals surface area (Å²) in [6, 6.07) is 0. The molecule has 1 unspecified atom stereocenters. The van der Waals surface area contributed by atoms with Gasteiger partial charge in [0.05, 0.1) is 0 Å². The highest BCUT2D eigenvalue weighted by molar-refractivity contribution is 6.00. The maximum atomic E-state index is 12.1. The summed E-state index contributed by atoms with van der Waals surface area (Å²) >= 11 is 0. The van der Waals surface area contributed by atoms with E-state index < -0.39 is 29.2 Å². The summed E-state index contributed by atoms with van der Waals surface area (Å²) in [7, 11) is 0. The predicted molar refractivity (Wildman–Crippen MR) is 76.8 cm³/mol. The fraction of sp³-hybridized carbons (Fsp3) is 0.800. The molecule has 1 aliphatic heterocycles. The Morgan fingerprint density at radius 1 is 1.05 bits per heavy atom. The van der Waals surface area contributed by atoms with Gasteiger partial charge in [0.15, 0.2) is 5.78 Å². The molecular formula is C15H25NO5. The molecule has 1 saturated heterocycles. The third-order valence-electron chi connectivity index (χ3n) is 2.76. The number of carbonyl (C=O) groups is 3. The molecular weight excluding hydrogens is 274 g/mol. The van der Waals surface area contributed by atoms with Crippen LogP contribution in [0.2, 0.25) is 0 Å². The van der Waals surface area contributed by atoms with Crippen LogP contribution in [-0.4, -0.2) is 47.0 Å². The number of hydrogen-bond acceptors (Lipinski definition) is 5. The predicted octanol–water partition coefficient (Wildman–Crippen LogP) is 2.15. The van der Waals surface area contributed by atoms with Crippen molar-refractivity contribution in [2.75, 3.05) is 13.1 Å². The lowest BCUT2D eigenvalue weighted by atomic mass is 9.96. The Labute approximate surface area is 125 Å². The van der Waals surface area contributed by atoms with Gasteiger partial charge in [0, 0.05) is 19.5 Å². The standard InChI is InChI=1S/C15H25NO5/c1-14(2,3)20-12(18)10-9-16(8-7-11(10)17)13(19)21-15(4,5)6/h10H,7-9H2,1-6H3. The number of likely N-dealkylation sites (tertiary alicyclic amines) is 1. The van der Waals surface area contributed by atoms with Crippen LogP contribution in [0, 0.1) is 5.92 Å². The lowest BCUT2D eigenvalue weighted by Gasteiger charge is -2.33. The number of hydrogen-bond donors (Lipinski definition) is 0. The van der Waals surface area contributed by atoms with Crippen molar-refractivity contribution < 1.29 is 23.9 Å². The van der Waals surface area contributed by atoms with Gasteiger partial charge in [-0.05, 0) is 41.5 Å². The molecule has 0 aliphatic carbocycles. The number of esters is 1. The minimum Gasteiger partial charge on any atom is -0.459 e. The van der Waals surface area contributed by atoms with E-state index in [0.717, 1.165) is 0 Å². The molecule has 120 valence electrons. The van der Waals surface area contributed by atoms with Crippen LogP contribution in [0.4, 0.5) is 4.79 Å². The van der Waals surface area contributed by atoms with E-state index in [9.17, 15) is 14.4 Å². The first-order valence-electron chi connectivity index (χ1n) is 7.12. The Balaban J connectivity index is 2.72. The van der Waals surface area contributed by atoms with E-state index in [1.807, 2.05) is 0 Å². The fourth-order valence-corrected chi connectivity index (χ4v) is 1.90. The molecule has 1 rings (SSSR count). The number of ether oxygens (including phenoxy) is 2. The molecule has 6 heteroatoms. The fourth-order valence-electron chi connectivity index (χ4n) is 1.90. The Hall–Kier alpha value is -1.59. The molecule has 0 N–H and O–H groups in total. The zero-order chi connectivity index (χ0) is 16.4. The molecule has 21 heavy (non-hydrogen) atoms. The average molecular weight is 299 g/mol. The van der Waals surface area contributed by atoms with Crippen molar-refractivity contribution in [1.82, 2.24) is 4.90 Å². The van der Waals surface area contributed by atoms with E-state index in [0.29, 0.717) is 0 Å². The Bertz CT molecular complexity index is 430. The van der Waals surface area contributed by atoms with Crippen LogP contribution in [0.5, 0.6) is 0 Å². The van der Waals surface area contributed by atoms with E-state index in [-0.39, 0.29) is 25.3 Å². The van der Waals surface area contributed by atoms with Crippen LogP contribution >= 0.6 is 0 Å². The first-order valence-corrected chi connectivity index (χ1v) is 7.12. The first-order chi connectivity index (χ1) is 9.39. The third kappa shape index (κ3) is 5.73. The topological polar surface area (TPSA) is 72.9 Å². The summed E-state index contributed by atoms with van der Waals surface area (Å²) in [5.74, 6) is -1.70. The molecule has 0 radical (unpaired) electrons. The minimum absolute atomic E-state index is 0.0165. The van der Waals surface area contributed by atoms with Gasteiger partial charge in [0.2, 0.25) is 0 Å². The summed E-state index contributed by atoms with van der Waals surface area (Å²) in [5, 5.41) is 0. The largest absolute Gasteiger partial charge is 0.459 e. The van der Waals surface area contributed by atoms with Crippen LogP contribution in [-0.2, 0) is 19.1 Å². The lowest BCUT2D eigenvalue weighted by molar-refractivity contribution is -0.163. The SMILES string of the molecule is CC(C)(C)OC(=O)C1CN(C(=O)OC(C)(C)C)CCC1=O. The van der Waals surface area contributed by atoms with Crippen molar-refractivity contribution in [3.8, 4) is 0 Å². The number of amides is 1. The van der Waals surface area contributed by atoms with Gasteiger partial charge in [-0.15, -0.1) is 0 Å². The molecule has 1 heterocycles. The van der Waals surface area contributed by atoms with E-state index in [4.69, 9.17) is 9.47 Å². The highest BCUT2D eigenvalue weighted by Gasteiger charge is 2.38. The molecule has 0 bridgehead atoms. The molecule has 1 atom stereocenters. The van der Waals surface area contributed by atoms with E-state index in [1.165, 1.54) is 4.90 Å². The lowest BCUT2D eigenvalue weighted by Crippen LogP contribution is -2.49. The second-order valence-corrected chi connectivity index (χ2v) is 7.23. The molecule has 0 aromatic carbocycles. The quantitative estimate of drug-likeness (QED) is 0.548. The summed E-state index contributed by atoms with van der Waals surface area (Å²) < 4.78 is 10.5. The van der Waals surface area contributed by atoms with Gasteiger partial charge >= 0.3 is 12.1 Å². The number of carbonyl (C=O) groups excluding carboxylic acids is 3. The number of rotatable bonds is 1. The van der Waals surface area contributed by atoms with E-state index >= 15 is 0 Å². The van der Waals surface area contributed by atoms with Crippen molar-refractivity contribution in [3.63, 3.8) is 0 Å². The highest BCUT2D eigenvalue weighted by Crippen LogP contribution is 2.20. The summed E-state index contributed by atoms with van der Waals surface area (Å²) in [4.78, 5) is 37.4.